The van der Waals surface area contributed by atoms with Crippen molar-refractivity contribution in [1.82, 2.24) is 4.98 Å². The molecule has 196 valence electrons. The van der Waals surface area contributed by atoms with Gasteiger partial charge >= 0.3 is 0 Å². The number of carbonyl (C=O) groups is 2. The number of ether oxygens (including phenoxy) is 1. The number of rotatable bonds is 6. The van der Waals surface area contributed by atoms with Gasteiger partial charge in [-0.15, -0.1) is 11.3 Å². The highest BCUT2D eigenvalue weighted by Crippen LogP contribution is 2.44. The summed E-state index contributed by atoms with van der Waals surface area (Å²) in [7, 11) is 0. The maximum atomic E-state index is 13.8. The van der Waals surface area contributed by atoms with Crippen LogP contribution in [0.4, 0.5) is 5.00 Å². The Hall–Kier alpha value is -3.71. The number of hydrogen-bond donors (Lipinski definition) is 2. The van der Waals surface area contributed by atoms with Crippen LogP contribution in [0, 0.1) is 11.3 Å². The van der Waals surface area contributed by atoms with E-state index < -0.39 is 5.91 Å². The number of para-hydroxylation sites is 1. The normalized spacial score (nSPS) is 15.2. The van der Waals surface area contributed by atoms with Crippen LogP contribution >= 0.6 is 11.3 Å². The molecule has 2 amide bonds. The van der Waals surface area contributed by atoms with Crippen molar-refractivity contribution in [2.75, 3.05) is 11.9 Å². The molecule has 0 aliphatic heterocycles. The first-order chi connectivity index (χ1) is 18.2. The number of fused-ring (bicyclic) bond motifs is 2. The molecule has 5 rings (SSSR count). The molecule has 0 unspecified atom stereocenters. The average molecular weight is 528 g/mol. The maximum Gasteiger partial charge on any atom is 0.257 e. The standard InChI is InChI=1S/C31H33N3O3S/c1-5-37-20-10-8-9-18(15-20)25-17-23(21-11-6-7-12-24(21)33-25)29(36)34-30-27(28(32)35)22-14-13-19(31(2,3)4)16-26(22)38-30/h6-12,15,17,19H,5,13-14,16H2,1-4H3,(H2,32,35)(H,34,36)/t19-/m1/s1. The lowest BCUT2D eigenvalue weighted by Crippen LogP contribution is -2.27. The number of nitrogens with two attached hydrogens (primary N) is 1. The van der Waals surface area contributed by atoms with E-state index in [2.05, 4.69) is 26.1 Å². The lowest BCUT2D eigenvalue weighted by molar-refractivity contribution is 0.1000. The molecule has 0 spiro atoms. The van der Waals surface area contributed by atoms with E-state index in [0.29, 0.717) is 39.9 Å². The molecule has 2 aromatic heterocycles. The van der Waals surface area contributed by atoms with E-state index in [1.54, 1.807) is 6.07 Å². The third-order valence-corrected chi connectivity index (χ3v) is 8.53. The minimum absolute atomic E-state index is 0.170. The zero-order valence-corrected chi connectivity index (χ0v) is 23.1. The minimum Gasteiger partial charge on any atom is -0.494 e. The molecular formula is C31H33N3O3S. The summed E-state index contributed by atoms with van der Waals surface area (Å²) in [5, 5.41) is 4.32. The third-order valence-electron chi connectivity index (χ3n) is 7.37. The predicted octanol–water partition coefficient (Wildman–Crippen LogP) is 6.86. The summed E-state index contributed by atoms with van der Waals surface area (Å²) in [5.41, 5.74) is 10.2. The van der Waals surface area contributed by atoms with Crippen LogP contribution in [-0.2, 0) is 12.8 Å². The van der Waals surface area contributed by atoms with Gasteiger partial charge in [-0.05, 0) is 67.3 Å². The fourth-order valence-electron chi connectivity index (χ4n) is 5.27. The number of pyridine rings is 1. The molecule has 2 aromatic carbocycles. The molecule has 1 atom stereocenters. The lowest BCUT2D eigenvalue weighted by atomic mass is 9.72. The van der Waals surface area contributed by atoms with E-state index in [0.717, 1.165) is 46.4 Å². The smallest absolute Gasteiger partial charge is 0.257 e. The second kappa shape index (κ2) is 10.2. The van der Waals surface area contributed by atoms with Gasteiger partial charge in [-0.25, -0.2) is 4.98 Å². The van der Waals surface area contributed by atoms with Crippen molar-refractivity contribution in [2.24, 2.45) is 17.1 Å². The number of aromatic nitrogens is 1. The second-order valence-electron chi connectivity index (χ2n) is 10.9. The molecule has 3 N–H and O–H groups in total. The van der Waals surface area contributed by atoms with E-state index in [1.807, 2.05) is 55.5 Å². The summed E-state index contributed by atoms with van der Waals surface area (Å²) >= 11 is 1.48. The van der Waals surface area contributed by atoms with Crippen molar-refractivity contribution >= 4 is 39.1 Å². The maximum absolute atomic E-state index is 13.8. The van der Waals surface area contributed by atoms with Crippen molar-refractivity contribution in [1.29, 1.82) is 0 Å². The molecule has 1 aliphatic rings. The molecule has 0 saturated heterocycles. The molecule has 0 radical (unpaired) electrons. The Bertz CT molecular complexity index is 1530. The molecule has 0 fully saturated rings. The summed E-state index contributed by atoms with van der Waals surface area (Å²) in [5.74, 6) is 0.464. The summed E-state index contributed by atoms with van der Waals surface area (Å²) in [6.07, 6.45) is 2.68. The lowest BCUT2D eigenvalue weighted by Gasteiger charge is -2.33. The summed E-state index contributed by atoms with van der Waals surface area (Å²) in [6, 6.07) is 17.1. The fourth-order valence-corrected chi connectivity index (χ4v) is 6.60. The van der Waals surface area contributed by atoms with Gasteiger partial charge in [-0.3, -0.25) is 9.59 Å². The number of benzene rings is 2. The molecule has 0 bridgehead atoms. The van der Waals surface area contributed by atoms with Crippen LogP contribution in [0.5, 0.6) is 5.75 Å². The number of hydrogen-bond acceptors (Lipinski definition) is 5. The van der Waals surface area contributed by atoms with Gasteiger partial charge in [0.2, 0.25) is 0 Å². The number of anilines is 1. The third kappa shape index (κ3) is 5.03. The number of carbonyl (C=O) groups excluding carboxylic acids is 2. The van der Waals surface area contributed by atoms with E-state index in [1.165, 1.54) is 11.3 Å². The predicted molar refractivity (Wildman–Crippen MR) is 154 cm³/mol. The van der Waals surface area contributed by atoms with E-state index in [4.69, 9.17) is 15.5 Å². The first kappa shape index (κ1) is 25.9. The van der Waals surface area contributed by atoms with Crippen molar-refractivity contribution < 1.29 is 14.3 Å². The van der Waals surface area contributed by atoms with E-state index >= 15 is 0 Å². The number of amides is 2. The topological polar surface area (TPSA) is 94.3 Å². The molecule has 0 saturated carbocycles. The Morgan fingerprint density at radius 1 is 1.13 bits per heavy atom. The Morgan fingerprint density at radius 3 is 2.66 bits per heavy atom. The second-order valence-corrected chi connectivity index (χ2v) is 12.0. The van der Waals surface area contributed by atoms with Crippen molar-refractivity contribution in [3.8, 4) is 17.0 Å². The summed E-state index contributed by atoms with van der Waals surface area (Å²) < 4.78 is 5.67. The molecule has 4 aromatic rings. The Kier molecular flexibility index (Phi) is 6.97. The highest BCUT2D eigenvalue weighted by molar-refractivity contribution is 7.17. The average Bonchev–Trinajstić information content (AvgIpc) is 3.25. The number of nitrogens with one attached hydrogen (secondary N) is 1. The van der Waals surface area contributed by atoms with Gasteiger partial charge in [0.25, 0.3) is 11.8 Å². The molecule has 2 heterocycles. The molecule has 38 heavy (non-hydrogen) atoms. The van der Waals surface area contributed by atoms with Gasteiger partial charge in [-0.1, -0.05) is 51.1 Å². The van der Waals surface area contributed by atoms with Gasteiger partial charge in [0, 0.05) is 15.8 Å². The highest BCUT2D eigenvalue weighted by Gasteiger charge is 2.33. The summed E-state index contributed by atoms with van der Waals surface area (Å²) in [4.78, 5) is 32.3. The van der Waals surface area contributed by atoms with Gasteiger partial charge in [0.1, 0.15) is 10.8 Å². The van der Waals surface area contributed by atoms with Gasteiger partial charge in [-0.2, -0.15) is 0 Å². The fraction of sp³-hybridized carbons (Fsp3) is 0.323. The first-order valence-corrected chi connectivity index (χ1v) is 13.9. The minimum atomic E-state index is -0.500. The number of primary amides is 1. The summed E-state index contributed by atoms with van der Waals surface area (Å²) in [6.45, 7) is 9.26. The van der Waals surface area contributed by atoms with Crippen LogP contribution in [0.3, 0.4) is 0 Å². The van der Waals surface area contributed by atoms with E-state index in [9.17, 15) is 9.59 Å². The SMILES string of the molecule is CCOc1cccc(-c2cc(C(=O)Nc3sc4c(c3C(N)=O)CC[C@@H](C(C)(C)C)C4)c3ccccc3n2)c1. The molecule has 1 aliphatic carbocycles. The van der Waals surface area contributed by atoms with Crippen LogP contribution in [0.2, 0.25) is 0 Å². The van der Waals surface area contributed by atoms with Crippen LogP contribution in [0.1, 0.15) is 65.3 Å². The van der Waals surface area contributed by atoms with Crippen LogP contribution in [0.25, 0.3) is 22.2 Å². The molecule has 7 heteroatoms. The van der Waals surface area contributed by atoms with Crippen LogP contribution in [0.15, 0.2) is 54.6 Å². The first-order valence-electron chi connectivity index (χ1n) is 13.0. The molecular weight excluding hydrogens is 494 g/mol. The zero-order valence-electron chi connectivity index (χ0n) is 22.3. The number of thiophene rings is 1. The van der Waals surface area contributed by atoms with Crippen LogP contribution < -0.4 is 15.8 Å². The Labute approximate surface area is 227 Å². The number of nitrogens with zero attached hydrogens (tertiary/aromatic N) is 1. The van der Waals surface area contributed by atoms with Crippen molar-refractivity contribution in [3.63, 3.8) is 0 Å². The highest BCUT2D eigenvalue weighted by atomic mass is 32.1. The van der Waals surface area contributed by atoms with Crippen LogP contribution in [-0.4, -0.2) is 23.4 Å². The monoisotopic (exact) mass is 527 g/mol. The Balaban J connectivity index is 1.54. The van der Waals surface area contributed by atoms with Crippen molar-refractivity contribution in [3.05, 3.63) is 76.2 Å². The quantitative estimate of drug-likeness (QED) is 0.286. The van der Waals surface area contributed by atoms with Gasteiger partial charge in [0.05, 0.1) is 28.9 Å². The Morgan fingerprint density at radius 2 is 1.92 bits per heavy atom. The largest absolute Gasteiger partial charge is 0.494 e. The zero-order chi connectivity index (χ0) is 27.0. The molecule has 6 nitrogen and oxygen atoms in total. The van der Waals surface area contributed by atoms with Gasteiger partial charge in [0.15, 0.2) is 0 Å². The van der Waals surface area contributed by atoms with Crippen molar-refractivity contribution in [2.45, 2.75) is 47.0 Å². The van der Waals surface area contributed by atoms with E-state index in [-0.39, 0.29) is 11.3 Å². The van der Waals surface area contributed by atoms with Gasteiger partial charge < -0.3 is 15.8 Å².